The number of carbonyl (C=O) groups excluding carboxylic acids is 1. The molecule has 2 aliphatic rings. The first kappa shape index (κ1) is 23.1. The molecule has 1 amide bonds. The van der Waals surface area contributed by atoms with Gasteiger partial charge in [0.1, 0.15) is 17.5 Å². The molecule has 0 aliphatic carbocycles. The molecule has 2 unspecified atom stereocenters. The molecular weight excluding hydrogens is 485 g/mol. The lowest BCUT2D eigenvalue weighted by Gasteiger charge is -2.47. The number of aromatic nitrogens is 2. The number of likely N-dealkylation sites (tertiary alicyclic amines) is 1. The highest BCUT2D eigenvalue weighted by atomic mass is 79.9. The van der Waals surface area contributed by atoms with Crippen LogP contribution in [-0.4, -0.2) is 59.1 Å². The zero-order valence-electron chi connectivity index (χ0n) is 18.5. The Morgan fingerprint density at radius 1 is 1.28 bits per heavy atom. The van der Waals surface area contributed by atoms with Gasteiger partial charge in [0.2, 0.25) is 5.82 Å². The summed E-state index contributed by atoms with van der Waals surface area (Å²) in [5.41, 5.74) is -0.0262. The van der Waals surface area contributed by atoms with Gasteiger partial charge in [-0.05, 0) is 61.8 Å². The van der Waals surface area contributed by atoms with Gasteiger partial charge >= 0.3 is 6.09 Å². The molecule has 0 radical (unpaired) electrons. The predicted molar refractivity (Wildman–Crippen MR) is 116 cm³/mol. The number of carbonyl (C=O) groups is 1. The van der Waals surface area contributed by atoms with Crippen molar-refractivity contribution in [1.82, 2.24) is 15.0 Å². The average Bonchev–Trinajstić information content (AvgIpc) is 3.19. The molecule has 2 aromatic rings. The Balaban J connectivity index is 1.42. The number of ether oxygens (including phenoxy) is 3. The maximum Gasteiger partial charge on any atom is 0.410 e. The van der Waals surface area contributed by atoms with Gasteiger partial charge < -0.3 is 23.6 Å². The van der Waals surface area contributed by atoms with Gasteiger partial charge in [0.15, 0.2) is 0 Å². The number of hydrogen-bond donors (Lipinski definition) is 0. The van der Waals surface area contributed by atoms with Crippen molar-refractivity contribution in [3.05, 3.63) is 34.4 Å². The molecule has 8 nitrogen and oxygen atoms in total. The first-order valence-electron chi connectivity index (χ1n) is 10.6. The molecule has 0 N–H and O–H groups in total. The van der Waals surface area contributed by atoms with Crippen LogP contribution in [0.2, 0.25) is 0 Å². The monoisotopic (exact) mass is 511 g/mol. The van der Waals surface area contributed by atoms with Gasteiger partial charge in [-0.25, -0.2) is 9.18 Å². The third kappa shape index (κ3) is 5.13. The van der Waals surface area contributed by atoms with E-state index in [9.17, 15) is 9.18 Å². The summed E-state index contributed by atoms with van der Waals surface area (Å²) in [6, 6.07) is 4.65. The van der Waals surface area contributed by atoms with Crippen molar-refractivity contribution in [2.75, 3.05) is 26.3 Å². The smallest absolute Gasteiger partial charge is 0.410 e. The fourth-order valence-electron chi connectivity index (χ4n) is 4.04. The highest BCUT2D eigenvalue weighted by molar-refractivity contribution is 9.10. The topological polar surface area (TPSA) is 86.9 Å². The standard InChI is InChI=1S/C22H27BrFN3O5/c1-12(20-25-19(26-32-20)13-5-6-16(23)17(24)7-13)30-18-14-8-27(9-15(18)11-29-10-14)21(28)31-22(2,3)4/h5-7,12,14-15,18H,8-11H2,1-4H3/t12-,14?,15?,18?/m1/s1. The van der Waals surface area contributed by atoms with E-state index < -0.39 is 17.5 Å². The van der Waals surface area contributed by atoms with Crippen LogP contribution in [0.4, 0.5) is 9.18 Å². The van der Waals surface area contributed by atoms with E-state index in [0.29, 0.717) is 48.1 Å². The summed E-state index contributed by atoms with van der Waals surface area (Å²) in [5, 5.41) is 3.97. The minimum Gasteiger partial charge on any atom is -0.444 e. The number of amides is 1. The lowest BCUT2D eigenvalue weighted by Crippen LogP contribution is -2.58. The Bertz CT molecular complexity index is 965. The minimum absolute atomic E-state index is 0.0143. The van der Waals surface area contributed by atoms with Gasteiger partial charge in [-0.15, -0.1) is 0 Å². The molecule has 1 aromatic carbocycles. The number of halogens is 2. The van der Waals surface area contributed by atoms with Crippen molar-refractivity contribution in [3.63, 3.8) is 0 Å². The van der Waals surface area contributed by atoms with E-state index in [1.807, 2.05) is 27.7 Å². The van der Waals surface area contributed by atoms with Crippen LogP contribution in [0.15, 0.2) is 27.2 Å². The highest BCUT2D eigenvalue weighted by Gasteiger charge is 2.44. The first-order valence-corrected chi connectivity index (χ1v) is 11.4. The predicted octanol–water partition coefficient (Wildman–Crippen LogP) is 4.60. The van der Waals surface area contributed by atoms with Crippen molar-refractivity contribution in [2.45, 2.75) is 45.5 Å². The number of benzene rings is 1. The number of hydrogen-bond acceptors (Lipinski definition) is 7. The van der Waals surface area contributed by atoms with E-state index in [-0.39, 0.29) is 24.0 Å². The van der Waals surface area contributed by atoms with E-state index in [0.717, 1.165) is 0 Å². The van der Waals surface area contributed by atoms with Crippen molar-refractivity contribution < 1.29 is 27.9 Å². The number of nitrogens with zero attached hydrogens (tertiary/aromatic N) is 3. The molecule has 2 bridgehead atoms. The maximum atomic E-state index is 13.8. The molecule has 3 heterocycles. The summed E-state index contributed by atoms with van der Waals surface area (Å²) in [7, 11) is 0. The minimum atomic E-state index is -0.544. The molecule has 10 heteroatoms. The van der Waals surface area contributed by atoms with Gasteiger partial charge in [-0.2, -0.15) is 4.98 Å². The second kappa shape index (κ2) is 9.07. The molecule has 2 fully saturated rings. The Kier molecular flexibility index (Phi) is 6.56. The van der Waals surface area contributed by atoms with Crippen LogP contribution < -0.4 is 0 Å². The Labute approximate surface area is 194 Å². The fourth-order valence-corrected chi connectivity index (χ4v) is 4.29. The van der Waals surface area contributed by atoms with Crippen LogP contribution >= 0.6 is 15.9 Å². The largest absolute Gasteiger partial charge is 0.444 e. The molecule has 4 rings (SSSR count). The lowest BCUT2D eigenvalue weighted by atomic mass is 9.84. The van der Waals surface area contributed by atoms with Crippen LogP contribution in [0, 0.1) is 17.7 Å². The summed E-state index contributed by atoms with van der Waals surface area (Å²) in [4.78, 5) is 18.7. The van der Waals surface area contributed by atoms with Crippen molar-refractivity contribution in [2.24, 2.45) is 11.8 Å². The van der Waals surface area contributed by atoms with Crippen molar-refractivity contribution in [3.8, 4) is 11.4 Å². The first-order chi connectivity index (χ1) is 15.1. The molecule has 2 saturated heterocycles. The van der Waals surface area contributed by atoms with E-state index in [1.165, 1.54) is 6.07 Å². The van der Waals surface area contributed by atoms with Crippen molar-refractivity contribution in [1.29, 1.82) is 0 Å². The van der Waals surface area contributed by atoms with Crippen LogP contribution in [0.5, 0.6) is 0 Å². The number of rotatable bonds is 4. The second-order valence-electron chi connectivity index (χ2n) is 9.27. The van der Waals surface area contributed by atoms with Gasteiger partial charge in [-0.3, -0.25) is 0 Å². The third-order valence-electron chi connectivity index (χ3n) is 5.48. The van der Waals surface area contributed by atoms with E-state index in [4.69, 9.17) is 18.7 Å². The Morgan fingerprint density at radius 3 is 2.59 bits per heavy atom. The van der Waals surface area contributed by atoms with Crippen LogP contribution in [0.3, 0.4) is 0 Å². The maximum absolute atomic E-state index is 13.8. The zero-order chi connectivity index (χ0) is 23.0. The van der Waals surface area contributed by atoms with Gasteiger partial charge in [0, 0.05) is 30.5 Å². The van der Waals surface area contributed by atoms with Crippen LogP contribution in [0.1, 0.15) is 39.7 Å². The van der Waals surface area contributed by atoms with E-state index in [1.54, 1.807) is 17.0 Å². The van der Waals surface area contributed by atoms with Gasteiger partial charge in [-0.1, -0.05) is 5.16 Å². The van der Waals surface area contributed by atoms with E-state index >= 15 is 0 Å². The lowest BCUT2D eigenvalue weighted by molar-refractivity contribution is -0.168. The highest BCUT2D eigenvalue weighted by Crippen LogP contribution is 2.34. The second-order valence-corrected chi connectivity index (χ2v) is 10.1. The average molecular weight is 512 g/mol. The van der Waals surface area contributed by atoms with Crippen LogP contribution in [0.25, 0.3) is 11.4 Å². The van der Waals surface area contributed by atoms with Crippen molar-refractivity contribution >= 4 is 22.0 Å². The summed E-state index contributed by atoms with van der Waals surface area (Å²) in [5.74, 6) is 0.241. The summed E-state index contributed by atoms with van der Waals surface area (Å²) >= 11 is 3.13. The molecule has 32 heavy (non-hydrogen) atoms. The normalized spacial score (nSPS) is 24.3. The quantitative estimate of drug-likeness (QED) is 0.592. The Hall–Kier alpha value is -2.04. The van der Waals surface area contributed by atoms with E-state index in [2.05, 4.69) is 26.1 Å². The number of piperidine rings is 1. The SMILES string of the molecule is C[C@@H](OC1C2COCC1CN(C(=O)OC(C)(C)C)C2)c1nc(-c2ccc(Br)c(F)c2)no1. The third-order valence-corrected chi connectivity index (χ3v) is 6.13. The summed E-state index contributed by atoms with van der Waals surface area (Å²) < 4.78 is 37.2. The van der Waals surface area contributed by atoms with Crippen LogP contribution in [-0.2, 0) is 14.2 Å². The van der Waals surface area contributed by atoms with Gasteiger partial charge in [0.05, 0.1) is 23.8 Å². The fraction of sp³-hybridized carbons (Fsp3) is 0.591. The molecule has 174 valence electrons. The molecule has 2 aliphatic heterocycles. The molecule has 1 aromatic heterocycles. The summed E-state index contributed by atoms with van der Waals surface area (Å²) in [6.45, 7) is 9.40. The van der Waals surface area contributed by atoms with Gasteiger partial charge in [0.25, 0.3) is 5.89 Å². The molecule has 0 saturated carbocycles. The molecule has 3 atom stereocenters. The Morgan fingerprint density at radius 2 is 1.97 bits per heavy atom. The molecular formula is C22H27BrFN3O5. The summed E-state index contributed by atoms with van der Waals surface area (Å²) in [6.07, 6.45) is -0.889. The zero-order valence-corrected chi connectivity index (χ0v) is 20.1. The number of fused-ring (bicyclic) bond motifs is 2. The molecule has 0 spiro atoms.